The van der Waals surface area contributed by atoms with Crippen molar-refractivity contribution in [2.45, 2.75) is 168 Å². The van der Waals surface area contributed by atoms with Crippen molar-refractivity contribution in [2.24, 2.45) is 23.7 Å². The largest absolute Gasteiger partial charge is 0.494 e. The number of hydrogen-bond acceptors (Lipinski definition) is 1. The Bertz CT molecular complexity index is 670. The molecule has 2 aliphatic carbocycles. The van der Waals surface area contributed by atoms with Gasteiger partial charge < -0.3 is 4.74 Å². The van der Waals surface area contributed by atoms with Crippen molar-refractivity contribution in [2.75, 3.05) is 6.61 Å². The second-order valence-electron chi connectivity index (χ2n) is 13.3. The highest BCUT2D eigenvalue weighted by atomic mass is 16.5. The maximum atomic E-state index is 6.17. The zero-order valence-electron chi connectivity index (χ0n) is 25.7. The molecule has 2 fully saturated rings. The topological polar surface area (TPSA) is 9.23 Å². The molecule has 218 valence electrons. The van der Waals surface area contributed by atoms with Gasteiger partial charge in [0.05, 0.1) is 6.61 Å². The molecule has 0 N–H and O–H groups in total. The summed E-state index contributed by atoms with van der Waals surface area (Å²) in [4.78, 5) is 0. The molecule has 3 rings (SSSR count). The van der Waals surface area contributed by atoms with Gasteiger partial charge in [-0.15, -0.1) is 0 Å². The van der Waals surface area contributed by atoms with E-state index in [1.54, 1.807) is 0 Å². The third-order valence-corrected chi connectivity index (χ3v) is 10.2. The highest BCUT2D eigenvalue weighted by molar-refractivity contribution is 5.27. The second kappa shape index (κ2) is 20.0. The number of benzene rings is 1. The van der Waals surface area contributed by atoms with Gasteiger partial charge in [0.1, 0.15) is 5.75 Å². The summed E-state index contributed by atoms with van der Waals surface area (Å²) in [7, 11) is 0. The lowest BCUT2D eigenvalue weighted by Gasteiger charge is -2.32. The van der Waals surface area contributed by atoms with E-state index in [1.165, 1.54) is 160 Å². The minimum atomic E-state index is 0.890. The van der Waals surface area contributed by atoms with Gasteiger partial charge in [0.15, 0.2) is 0 Å². The molecule has 2 saturated carbocycles. The summed E-state index contributed by atoms with van der Waals surface area (Å²) in [6.45, 7) is 5.52. The average Bonchev–Trinajstić information content (AvgIpc) is 2.96. The van der Waals surface area contributed by atoms with E-state index >= 15 is 0 Å². The van der Waals surface area contributed by atoms with Crippen molar-refractivity contribution in [3.63, 3.8) is 0 Å². The standard InChI is InChI=1S/C37H64O/c1-3-5-7-9-11-16-32-21-23-33(24-22-32)25-26-34-27-29-37(30-28-34)38-31-15-20-36-19-14-13-18-35(36)17-12-10-8-6-4-2/h27-30,32-33,35-36H,3-26,31H2,1-2H3. The van der Waals surface area contributed by atoms with E-state index in [4.69, 9.17) is 4.74 Å². The van der Waals surface area contributed by atoms with E-state index in [1.807, 2.05) is 0 Å². The quantitative estimate of drug-likeness (QED) is 0.154. The molecule has 1 nitrogen and oxygen atoms in total. The highest BCUT2D eigenvalue weighted by Crippen LogP contribution is 2.37. The van der Waals surface area contributed by atoms with Crippen LogP contribution in [0, 0.1) is 23.7 Å². The van der Waals surface area contributed by atoms with Crippen LogP contribution in [0.25, 0.3) is 0 Å². The molecule has 0 aromatic heterocycles. The predicted molar refractivity (Wildman–Crippen MR) is 167 cm³/mol. The zero-order valence-corrected chi connectivity index (χ0v) is 25.7. The number of rotatable bonds is 20. The molecule has 1 aromatic rings. The van der Waals surface area contributed by atoms with E-state index in [0.29, 0.717) is 0 Å². The Kier molecular flexibility index (Phi) is 16.6. The molecule has 1 heteroatoms. The molecule has 0 saturated heterocycles. The predicted octanol–water partition coefficient (Wildman–Crippen LogP) is 12.1. The second-order valence-corrected chi connectivity index (χ2v) is 13.3. The SMILES string of the molecule is CCCCCCCC1CCC(CCc2ccc(OCCCC3CCCCC3CCCCCCC)cc2)CC1. The molecule has 38 heavy (non-hydrogen) atoms. The van der Waals surface area contributed by atoms with Crippen molar-refractivity contribution in [1.82, 2.24) is 0 Å². The molecule has 0 spiro atoms. The molecule has 2 unspecified atom stereocenters. The molecular formula is C37H64O. The van der Waals surface area contributed by atoms with Crippen LogP contribution < -0.4 is 4.74 Å². The Hall–Kier alpha value is -0.980. The van der Waals surface area contributed by atoms with Crippen LogP contribution in [0.4, 0.5) is 0 Å². The van der Waals surface area contributed by atoms with E-state index in [-0.39, 0.29) is 0 Å². The number of hydrogen-bond donors (Lipinski definition) is 0. The summed E-state index contributed by atoms with van der Waals surface area (Å²) < 4.78 is 6.17. The van der Waals surface area contributed by atoms with Crippen molar-refractivity contribution in [1.29, 1.82) is 0 Å². The van der Waals surface area contributed by atoms with Crippen LogP contribution in [0.2, 0.25) is 0 Å². The fourth-order valence-electron chi connectivity index (χ4n) is 7.56. The first-order valence-corrected chi connectivity index (χ1v) is 17.5. The molecular weight excluding hydrogens is 460 g/mol. The maximum absolute atomic E-state index is 6.17. The Labute approximate surface area is 238 Å². The molecule has 2 aliphatic rings. The van der Waals surface area contributed by atoms with E-state index in [0.717, 1.165) is 36.0 Å². The smallest absolute Gasteiger partial charge is 0.119 e. The van der Waals surface area contributed by atoms with Crippen molar-refractivity contribution in [3.05, 3.63) is 29.8 Å². The Morgan fingerprint density at radius 3 is 1.68 bits per heavy atom. The lowest BCUT2D eigenvalue weighted by Crippen LogP contribution is -2.20. The summed E-state index contributed by atoms with van der Waals surface area (Å²) in [5, 5.41) is 0. The minimum absolute atomic E-state index is 0.890. The number of ether oxygens (including phenoxy) is 1. The normalized spacial score (nSPS) is 23.9. The summed E-state index contributed by atoms with van der Waals surface area (Å²) in [5.74, 6) is 5.02. The third kappa shape index (κ3) is 12.9. The molecule has 1 aromatic carbocycles. The van der Waals surface area contributed by atoms with Gasteiger partial charge in [-0.1, -0.05) is 154 Å². The average molecular weight is 525 g/mol. The lowest BCUT2D eigenvalue weighted by atomic mass is 9.74. The van der Waals surface area contributed by atoms with Crippen molar-refractivity contribution < 1.29 is 4.74 Å². The molecule has 0 radical (unpaired) electrons. The van der Waals surface area contributed by atoms with Crippen LogP contribution in [0.15, 0.2) is 24.3 Å². The van der Waals surface area contributed by atoms with Crippen LogP contribution in [0.5, 0.6) is 5.75 Å². The summed E-state index contributed by atoms with van der Waals surface area (Å²) in [6.07, 6.45) is 34.3. The van der Waals surface area contributed by atoms with Gasteiger partial charge in [-0.2, -0.15) is 0 Å². The van der Waals surface area contributed by atoms with E-state index < -0.39 is 0 Å². The number of aryl methyl sites for hydroxylation is 1. The van der Waals surface area contributed by atoms with Gasteiger partial charge >= 0.3 is 0 Å². The van der Waals surface area contributed by atoms with Crippen LogP contribution in [-0.2, 0) is 6.42 Å². The molecule has 0 heterocycles. The molecule has 0 amide bonds. The summed E-state index contributed by atoms with van der Waals surface area (Å²) in [6, 6.07) is 9.11. The first-order chi connectivity index (χ1) is 18.8. The maximum Gasteiger partial charge on any atom is 0.119 e. The minimum Gasteiger partial charge on any atom is -0.494 e. The van der Waals surface area contributed by atoms with Gasteiger partial charge in [-0.3, -0.25) is 0 Å². The summed E-state index contributed by atoms with van der Waals surface area (Å²) in [5.41, 5.74) is 1.50. The Morgan fingerprint density at radius 1 is 0.553 bits per heavy atom. The Balaban J connectivity index is 1.24. The number of unbranched alkanes of at least 4 members (excludes halogenated alkanes) is 8. The molecule has 2 atom stereocenters. The fourth-order valence-corrected chi connectivity index (χ4v) is 7.56. The third-order valence-electron chi connectivity index (χ3n) is 10.2. The highest BCUT2D eigenvalue weighted by Gasteiger charge is 2.24. The van der Waals surface area contributed by atoms with Crippen LogP contribution in [-0.4, -0.2) is 6.61 Å². The van der Waals surface area contributed by atoms with Gasteiger partial charge in [-0.05, 0) is 67.1 Å². The molecule has 0 bridgehead atoms. The van der Waals surface area contributed by atoms with Crippen molar-refractivity contribution >= 4 is 0 Å². The van der Waals surface area contributed by atoms with E-state index in [9.17, 15) is 0 Å². The van der Waals surface area contributed by atoms with Crippen LogP contribution in [0.3, 0.4) is 0 Å². The van der Waals surface area contributed by atoms with Gasteiger partial charge in [0.2, 0.25) is 0 Å². The van der Waals surface area contributed by atoms with Gasteiger partial charge in [-0.25, -0.2) is 0 Å². The van der Waals surface area contributed by atoms with Crippen LogP contribution >= 0.6 is 0 Å². The molecule has 0 aliphatic heterocycles. The Morgan fingerprint density at radius 2 is 1.08 bits per heavy atom. The zero-order chi connectivity index (χ0) is 26.7. The first-order valence-electron chi connectivity index (χ1n) is 17.5. The monoisotopic (exact) mass is 524 g/mol. The van der Waals surface area contributed by atoms with Gasteiger partial charge in [0, 0.05) is 0 Å². The van der Waals surface area contributed by atoms with Crippen molar-refractivity contribution in [3.8, 4) is 5.75 Å². The first kappa shape index (κ1) is 31.5. The lowest BCUT2D eigenvalue weighted by molar-refractivity contribution is 0.190. The van der Waals surface area contributed by atoms with Crippen LogP contribution in [0.1, 0.15) is 167 Å². The van der Waals surface area contributed by atoms with Gasteiger partial charge in [0.25, 0.3) is 0 Å². The summed E-state index contributed by atoms with van der Waals surface area (Å²) >= 11 is 0. The van der Waals surface area contributed by atoms with E-state index in [2.05, 4.69) is 38.1 Å². The fraction of sp³-hybridized carbons (Fsp3) is 0.838.